The molecular formula is C80. The van der Waals surface area contributed by atoms with Gasteiger partial charge in [0.2, 0.25) is 0 Å². The van der Waals surface area contributed by atoms with Crippen molar-refractivity contribution < 1.29 is 0 Å². The fourth-order valence-corrected chi connectivity index (χ4v) is 30.0. The smallest absolute Gasteiger partial charge is 0 e. The molecule has 0 atom stereocenters. The molecule has 320 valence electrons. The van der Waals surface area contributed by atoms with E-state index in [0.29, 0.717) is 0 Å². The van der Waals surface area contributed by atoms with Gasteiger partial charge in [-0.3, -0.25) is 0 Å². The van der Waals surface area contributed by atoms with Crippen LogP contribution in [-0.2, 0) is 0 Å². The molecule has 0 N–H and O–H groups in total. The molecule has 0 aliphatic rings. The lowest BCUT2D eigenvalue weighted by Gasteiger charge is -2.22. The molecule has 0 heterocycles. The molecule has 0 fully saturated rings. The summed E-state index contributed by atoms with van der Waals surface area (Å²) in [7, 11) is 0. The zero-order valence-electron chi connectivity index (χ0n) is 40.0. The van der Waals surface area contributed by atoms with E-state index in [1.54, 1.807) is 431 Å². The summed E-state index contributed by atoms with van der Waals surface area (Å²) in [5.74, 6) is 0. The first-order valence-electron chi connectivity index (χ1n) is 30.0. The fourth-order valence-electron chi connectivity index (χ4n) is 30.0. The van der Waals surface area contributed by atoms with Crippen molar-refractivity contribution in [1.29, 1.82) is 0 Å². The van der Waals surface area contributed by atoms with Crippen molar-refractivity contribution in [3.8, 4) is 0 Å². The van der Waals surface area contributed by atoms with E-state index in [-0.39, 0.29) is 0 Å². The molecule has 80 heavy (non-hydrogen) atoms. The molecule has 0 saturated carbocycles. The number of hydrogen-bond acceptors (Lipinski definition) is 0. The summed E-state index contributed by atoms with van der Waals surface area (Å²) in [6.45, 7) is 0. The first-order chi connectivity index (χ1) is 40.0. The minimum atomic E-state index is 1.67. The summed E-state index contributed by atoms with van der Waals surface area (Å²) >= 11 is 0. The van der Waals surface area contributed by atoms with Gasteiger partial charge >= 0.3 is 0 Å². The van der Waals surface area contributed by atoms with Crippen LogP contribution in [0.4, 0.5) is 0 Å². The third-order valence-corrected chi connectivity index (χ3v) is 30.0. The summed E-state index contributed by atoms with van der Waals surface area (Å²) in [6.07, 6.45) is 0. The van der Waals surface area contributed by atoms with Crippen molar-refractivity contribution in [3.63, 3.8) is 0 Å². The maximum atomic E-state index is 1.67. The van der Waals surface area contributed by atoms with Crippen LogP contribution in [0.2, 0.25) is 0 Å². The molecule has 0 aromatic heterocycles. The lowest BCUT2D eigenvalue weighted by Crippen LogP contribution is -1.92. The minimum Gasteiger partial charge on any atom is 0 e. The Kier molecular flexibility index (Phi) is 2.03. The highest BCUT2D eigenvalue weighted by Crippen LogP contribution is 2.82. The second kappa shape index (κ2) is 5.95. The molecule has 42 aromatic carbocycles. The van der Waals surface area contributed by atoms with E-state index in [0.717, 1.165) is 0 Å². The highest BCUT2D eigenvalue weighted by atomic mass is 14.5. The van der Waals surface area contributed by atoms with Crippen LogP contribution in [0.3, 0.4) is 0 Å². The third kappa shape index (κ3) is 1.36. The third-order valence-electron chi connectivity index (χ3n) is 30.0. The standard InChI is InChI=1S/C80/c1-21-2-32-31(1)61-33-3-23-7-37(33)65-42-12-27-15-44(42)68-47-17-29-16-46(47)67-40-11-25-8(38(40)62(32)72-71(61)73(65)75(68)74(67)72)53(2)54-5-22(21)4-34-35(5)64-41-10(54)26(25)13-43(41)69-49-19(58(13)57(11)16)30(29)20-50(49)70-48-18(60(20)59(15)17)28(27)14-45(48)66-39-9(56(14)55(7)12)24(23)6(52(4)51(1)3)36(39)63(34)76-77(64)79(69)80(70)78(66)76. The van der Waals surface area contributed by atoms with Gasteiger partial charge in [0.15, 0.2) is 0 Å². The number of benzene rings is 30. The maximum absolute atomic E-state index is 1.67. The molecule has 0 radical (unpaired) electrons. The summed E-state index contributed by atoms with van der Waals surface area (Å²) in [6, 6.07) is 0. The van der Waals surface area contributed by atoms with E-state index in [9.17, 15) is 0 Å². The summed E-state index contributed by atoms with van der Waals surface area (Å²) < 4.78 is 0. The lowest BCUT2D eigenvalue weighted by molar-refractivity contribution is 2.13. The van der Waals surface area contributed by atoms with Gasteiger partial charge in [-0.15, -0.1) is 0 Å². The van der Waals surface area contributed by atoms with Crippen LogP contribution in [0.1, 0.15) is 0 Å². The Morgan fingerprint density at radius 1 is 0.0250 bits per heavy atom. The predicted molar refractivity (Wildman–Crippen MR) is 348 cm³/mol. The first kappa shape index (κ1) is 27.3. The van der Waals surface area contributed by atoms with Gasteiger partial charge in [0.05, 0.1) is 0 Å². The van der Waals surface area contributed by atoms with Gasteiger partial charge in [-0.2, -0.15) is 0 Å². The van der Waals surface area contributed by atoms with Crippen LogP contribution in [0.25, 0.3) is 431 Å². The predicted octanol–water partition coefficient (Wildman–Crippen LogP) is 23.6. The monoisotopic (exact) mass is 960 g/mol. The van der Waals surface area contributed by atoms with E-state index < -0.39 is 0 Å². The van der Waals surface area contributed by atoms with Crippen molar-refractivity contribution in [2.45, 2.75) is 0 Å². The zero-order valence-corrected chi connectivity index (χ0v) is 40.0. The molecule has 42 rings (SSSR count). The normalized spacial score (nSPS) is 18.0. The second-order valence-corrected chi connectivity index (χ2v) is 30.0. The van der Waals surface area contributed by atoms with Gasteiger partial charge in [-0.25, -0.2) is 0 Å². The van der Waals surface area contributed by atoms with Crippen molar-refractivity contribution in [3.05, 3.63) is 0 Å². The average Bonchev–Trinajstić information content (AvgIpc) is 1.77. The Bertz CT molecular complexity index is 7770. The molecule has 0 saturated heterocycles. The topological polar surface area (TPSA) is 0 Å². The molecular weight excluding hydrogens is 961 g/mol. The van der Waals surface area contributed by atoms with E-state index in [2.05, 4.69) is 0 Å². The van der Waals surface area contributed by atoms with Gasteiger partial charge in [0.1, 0.15) is 0 Å². The summed E-state index contributed by atoms with van der Waals surface area (Å²) in [5.41, 5.74) is 0. The first-order valence-corrected chi connectivity index (χ1v) is 30.0. The van der Waals surface area contributed by atoms with Gasteiger partial charge in [-0.05, 0) is 0 Å². The summed E-state index contributed by atoms with van der Waals surface area (Å²) in [5, 5.41) is 133. The van der Waals surface area contributed by atoms with Crippen LogP contribution in [0.5, 0.6) is 0 Å². The van der Waals surface area contributed by atoms with Crippen LogP contribution >= 0.6 is 0 Å². The van der Waals surface area contributed by atoms with Crippen molar-refractivity contribution in [1.82, 2.24) is 0 Å². The highest BCUT2D eigenvalue weighted by Gasteiger charge is 2.53. The quantitative estimate of drug-likeness (QED) is 0.105. The van der Waals surface area contributed by atoms with E-state index in [1.165, 1.54) is 0 Å². The Hall–Kier alpha value is -10.4. The van der Waals surface area contributed by atoms with Crippen LogP contribution in [0, 0.1) is 0 Å². The van der Waals surface area contributed by atoms with E-state index >= 15 is 0 Å². The van der Waals surface area contributed by atoms with Crippen LogP contribution < -0.4 is 0 Å². The van der Waals surface area contributed by atoms with Gasteiger partial charge < -0.3 is 0 Å². The largest absolute Gasteiger partial charge is 0 e. The van der Waals surface area contributed by atoms with Crippen molar-refractivity contribution in [2.24, 2.45) is 0 Å². The van der Waals surface area contributed by atoms with Crippen LogP contribution in [0.15, 0.2) is 0 Å². The molecule has 0 bridgehead atoms. The Balaban J connectivity index is 1.18. The number of rotatable bonds is 0. The van der Waals surface area contributed by atoms with Gasteiger partial charge in [-0.1, -0.05) is 0 Å². The average molecular weight is 961 g/mol. The Labute approximate surface area is 428 Å². The molecule has 0 heteroatoms. The van der Waals surface area contributed by atoms with Crippen molar-refractivity contribution >= 4 is 431 Å². The molecule has 0 aliphatic heterocycles. The number of hydrogen-bond donors (Lipinski definition) is 0. The molecule has 0 unspecified atom stereocenters. The second-order valence-electron chi connectivity index (χ2n) is 30.0. The molecule has 42 aromatic rings. The maximum Gasteiger partial charge on any atom is 0 e. The molecule has 0 amide bonds. The summed E-state index contributed by atoms with van der Waals surface area (Å²) in [4.78, 5) is 0. The highest BCUT2D eigenvalue weighted by molar-refractivity contribution is 6.87. The van der Waals surface area contributed by atoms with Crippen LogP contribution in [-0.4, -0.2) is 0 Å². The van der Waals surface area contributed by atoms with E-state index in [1.807, 2.05) is 0 Å². The zero-order chi connectivity index (χ0) is 46.2. The molecule has 0 spiro atoms. The van der Waals surface area contributed by atoms with Gasteiger partial charge in [0, 0.05) is 431 Å². The van der Waals surface area contributed by atoms with Gasteiger partial charge in [0.25, 0.3) is 0 Å². The minimum absolute atomic E-state index is 1.67. The fraction of sp³-hybridized carbons (Fsp3) is 0. The molecule has 0 nitrogen and oxygen atoms in total. The SMILES string of the molecule is c12c3c4c5c6c3c3c7c8c9c%10c%11c%12c9c9c%13c%14c%15c%16c%17c%18c%15c%15c%19c%20c%21c%22c%23c%24c%21c%15c%14c%14c%13c%12c%12c%13c%15c(c%12c%24%14)c%23c%12c%14c%21c%23c(c%24c%25c%23c(c%20c%20c%19c%18c%18c(c(c%19c%18c%17c(c8c%169)c7c%196)c5%24)c%25%20)c%14%22)c4c4c1c(c(c2c%103)c%13%11)c%15c%12c%214. The molecule has 0 aliphatic carbocycles. The Morgan fingerprint density at radius 2 is 0.0375 bits per heavy atom. The lowest BCUT2D eigenvalue weighted by atomic mass is 9.80. The van der Waals surface area contributed by atoms with E-state index in [4.69, 9.17) is 0 Å². The van der Waals surface area contributed by atoms with Crippen molar-refractivity contribution in [2.75, 3.05) is 0 Å². The Morgan fingerprint density at radius 3 is 0.0500 bits per heavy atom.